The summed E-state index contributed by atoms with van der Waals surface area (Å²) in [6.07, 6.45) is 2.29. The third kappa shape index (κ3) is 2.49. The van der Waals surface area contributed by atoms with Gasteiger partial charge in [0.25, 0.3) is 0 Å². The molecular weight excluding hydrogens is 276 g/mol. The Morgan fingerprint density at radius 1 is 1.18 bits per heavy atom. The van der Waals surface area contributed by atoms with Crippen molar-refractivity contribution >= 4 is 16.9 Å². The van der Waals surface area contributed by atoms with Gasteiger partial charge in [-0.3, -0.25) is 4.79 Å². The molecule has 0 spiro atoms. The van der Waals surface area contributed by atoms with Crippen molar-refractivity contribution in [1.82, 2.24) is 4.57 Å². The van der Waals surface area contributed by atoms with Crippen molar-refractivity contribution in [2.75, 3.05) is 0 Å². The van der Waals surface area contributed by atoms with Gasteiger partial charge in [0.15, 0.2) is 0 Å². The van der Waals surface area contributed by atoms with Crippen molar-refractivity contribution in [3.8, 4) is 11.1 Å². The molecule has 0 aliphatic rings. The summed E-state index contributed by atoms with van der Waals surface area (Å²) in [5.74, 6) is -0.978. The highest BCUT2D eigenvalue weighted by Gasteiger charge is 2.18. The Balaban J connectivity index is 2.20. The van der Waals surface area contributed by atoms with Crippen LogP contribution >= 0.6 is 0 Å². The van der Waals surface area contributed by atoms with Crippen LogP contribution < -0.4 is 5.73 Å². The minimum atomic E-state index is -0.978. The predicted octanol–water partition coefficient (Wildman–Crippen LogP) is 2.80. The predicted molar refractivity (Wildman–Crippen MR) is 87.7 cm³/mol. The Morgan fingerprint density at radius 2 is 1.91 bits per heavy atom. The maximum atomic E-state index is 11.1. The zero-order valence-electron chi connectivity index (χ0n) is 12.4. The lowest BCUT2D eigenvalue weighted by molar-refractivity contribution is -0.138. The molecule has 112 valence electrons. The van der Waals surface area contributed by atoms with E-state index < -0.39 is 12.0 Å². The topological polar surface area (TPSA) is 68.2 Å². The van der Waals surface area contributed by atoms with Gasteiger partial charge >= 0.3 is 5.97 Å². The molecule has 3 rings (SSSR count). The molecule has 0 saturated carbocycles. The second-order valence-electron chi connectivity index (χ2n) is 5.48. The minimum Gasteiger partial charge on any atom is -0.480 e. The highest BCUT2D eigenvalue weighted by Crippen LogP contribution is 2.32. The minimum absolute atomic E-state index is 0.316. The molecular formula is C18H18N2O2. The number of carbonyl (C=O) groups is 1. The number of nitrogens with zero attached hydrogens (tertiary/aromatic N) is 1. The van der Waals surface area contributed by atoms with E-state index in [1.807, 2.05) is 48.1 Å². The molecule has 0 amide bonds. The molecule has 1 heterocycles. The van der Waals surface area contributed by atoms with Gasteiger partial charge in [-0.25, -0.2) is 0 Å². The Hall–Kier alpha value is -2.59. The van der Waals surface area contributed by atoms with Crippen LogP contribution in [0.15, 0.2) is 54.7 Å². The SMILES string of the molecule is Cn1cc(CC(N)C(=O)O)c2c(-c3ccccc3)cccc21. The lowest BCUT2D eigenvalue weighted by Crippen LogP contribution is -2.32. The molecule has 0 aliphatic carbocycles. The van der Waals surface area contributed by atoms with Crippen LogP contribution in [0, 0.1) is 0 Å². The molecule has 0 saturated heterocycles. The number of hydrogen-bond acceptors (Lipinski definition) is 2. The van der Waals surface area contributed by atoms with Crippen molar-refractivity contribution < 1.29 is 9.90 Å². The summed E-state index contributed by atoms with van der Waals surface area (Å²) >= 11 is 0. The van der Waals surface area contributed by atoms with E-state index in [1.54, 1.807) is 0 Å². The summed E-state index contributed by atoms with van der Waals surface area (Å²) in [6.45, 7) is 0. The first-order chi connectivity index (χ1) is 10.6. The number of nitrogens with two attached hydrogens (primary N) is 1. The fraction of sp³-hybridized carbons (Fsp3) is 0.167. The fourth-order valence-corrected chi connectivity index (χ4v) is 2.88. The third-order valence-corrected chi connectivity index (χ3v) is 3.93. The van der Waals surface area contributed by atoms with Crippen LogP contribution in [-0.4, -0.2) is 21.7 Å². The quantitative estimate of drug-likeness (QED) is 0.777. The molecule has 3 N–H and O–H groups in total. The van der Waals surface area contributed by atoms with Gasteiger partial charge in [0.2, 0.25) is 0 Å². The highest BCUT2D eigenvalue weighted by molar-refractivity contribution is 5.98. The lowest BCUT2D eigenvalue weighted by atomic mass is 9.97. The average molecular weight is 294 g/mol. The van der Waals surface area contributed by atoms with Crippen LogP contribution in [0.3, 0.4) is 0 Å². The van der Waals surface area contributed by atoms with Crippen molar-refractivity contribution in [2.45, 2.75) is 12.5 Å². The normalized spacial score (nSPS) is 12.5. The van der Waals surface area contributed by atoms with E-state index in [0.717, 1.165) is 27.6 Å². The fourth-order valence-electron chi connectivity index (χ4n) is 2.88. The molecule has 22 heavy (non-hydrogen) atoms. The number of aromatic nitrogens is 1. The number of carboxylic acids is 1. The van der Waals surface area contributed by atoms with Gasteiger partial charge in [-0.15, -0.1) is 0 Å². The van der Waals surface area contributed by atoms with Crippen molar-refractivity contribution in [3.63, 3.8) is 0 Å². The Labute approximate surface area is 128 Å². The summed E-state index contributed by atoms with van der Waals surface area (Å²) < 4.78 is 2.02. The standard InChI is InChI=1S/C18H18N2O2/c1-20-11-13(10-15(19)18(21)22)17-14(8-5-9-16(17)20)12-6-3-2-4-7-12/h2-9,11,15H,10,19H2,1H3,(H,21,22). The Kier molecular flexibility index (Phi) is 3.69. The number of fused-ring (bicyclic) bond motifs is 1. The third-order valence-electron chi connectivity index (χ3n) is 3.93. The molecule has 1 atom stereocenters. The average Bonchev–Trinajstić information content (AvgIpc) is 2.84. The highest BCUT2D eigenvalue weighted by atomic mass is 16.4. The van der Waals surface area contributed by atoms with E-state index in [1.165, 1.54) is 0 Å². The van der Waals surface area contributed by atoms with E-state index in [9.17, 15) is 4.79 Å². The molecule has 0 bridgehead atoms. The number of aryl methyl sites for hydroxylation is 1. The van der Waals surface area contributed by atoms with E-state index in [0.29, 0.717) is 6.42 Å². The first-order valence-electron chi connectivity index (χ1n) is 7.18. The van der Waals surface area contributed by atoms with E-state index in [-0.39, 0.29) is 0 Å². The molecule has 3 aromatic rings. The van der Waals surface area contributed by atoms with Crippen molar-refractivity contribution in [1.29, 1.82) is 0 Å². The number of carboxylic acid groups (broad SMARTS) is 1. The Morgan fingerprint density at radius 3 is 2.59 bits per heavy atom. The molecule has 0 aliphatic heterocycles. The van der Waals surface area contributed by atoms with Crippen LogP contribution in [0.5, 0.6) is 0 Å². The smallest absolute Gasteiger partial charge is 0.320 e. The van der Waals surface area contributed by atoms with Crippen LogP contribution in [0.2, 0.25) is 0 Å². The molecule has 4 heteroatoms. The van der Waals surface area contributed by atoms with Crippen molar-refractivity contribution in [3.05, 3.63) is 60.3 Å². The first-order valence-corrected chi connectivity index (χ1v) is 7.18. The molecule has 4 nitrogen and oxygen atoms in total. The largest absolute Gasteiger partial charge is 0.480 e. The van der Waals surface area contributed by atoms with Gasteiger partial charge in [-0.1, -0.05) is 42.5 Å². The second kappa shape index (κ2) is 5.66. The van der Waals surface area contributed by atoms with Gasteiger partial charge in [0.05, 0.1) is 0 Å². The van der Waals surface area contributed by atoms with Crippen LogP contribution in [-0.2, 0) is 18.3 Å². The molecule has 0 radical (unpaired) electrons. The van der Waals surface area contributed by atoms with Gasteiger partial charge in [0.1, 0.15) is 6.04 Å². The summed E-state index contributed by atoms with van der Waals surface area (Å²) in [4.78, 5) is 11.1. The van der Waals surface area contributed by atoms with Crippen molar-refractivity contribution in [2.24, 2.45) is 12.8 Å². The number of aliphatic carboxylic acids is 1. The maximum absolute atomic E-state index is 11.1. The van der Waals surface area contributed by atoms with Gasteiger partial charge in [0, 0.05) is 30.6 Å². The van der Waals surface area contributed by atoms with Gasteiger partial charge in [-0.2, -0.15) is 0 Å². The summed E-state index contributed by atoms with van der Waals surface area (Å²) in [5, 5.41) is 10.2. The zero-order valence-corrected chi connectivity index (χ0v) is 12.4. The molecule has 1 unspecified atom stereocenters. The summed E-state index contributed by atoms with van der Waals surface area (Å²) in [7, 11) is 1.97. The van der Waals surface area contributed by atoms with Crippen LogP contribution in [0.4, 0.5) is 0 Å². The monoisotopic (exact) mass is 294 g/mol. The first kappa shape index (κ1) is 14.4. The molecule has 1 aromatic heterocycles. The zero-order chi connectivity index (χ0) is 15.7. The molecule has 0 fully saturated rings. The van der Waals surface area contributed by atoms with Crippen LogP contribution in [0.1, 0.15) is 5.56 Å². The van der Waals surface area contributed by atoms with Gasteiger partial charge in [-0.05, 0) is 22.8 Å². The second-order valence-corrected chi connectivity index (χ2v) is 5.48. The number of rotatable bonds is 4. The Bertz CT molecular complexity index is 822. The van der Waals surface area contributed by atoms with Gasteiger partial charge < -0.3 is 15.4 Å². The maximum Gasteiger partial charge on any atom is 0.320 e. The number of benzene rings is 2. The summed E-state index contributed by atoms with van der Waals surface area (Å²) in [5.41, 5.74) is 9.99. The van der Waals surface area contributed by atoms with E-state index >= 15 is 0 Å². The number of hydrogen-bond donors (Lipinski definition) is 2. The molecule has 2 aromatic carbocycles. The van der Waals surface area contributed by atoms with E-state index in [4.69, 9.17) is 10.8 Å². The van der Waals surface area contributed by atoms with Crippen LogP contribution in [0.25, 0.3) is 22.0 Å². The lowest BCUT2D eigenvalue weighted by Gasteiger charge is -2.09. The summed E-state index contributed by atoms with van der Waals surface area (Å²) in [6, 6.07) is 15.3. The van der Waals surface area contributed by atoms with E-state index in [2.05, 4.69) is 18.2 Å².